The van der Waals surface area contributed by atoms with Crippen molar-refractivity contribution in [1.82, 2.24) is 9.99 Å². The summed E-state index contributed by atoms with van der Waals surface area (Å²) in [5.41, 5.74) is 3.53. The topological polar surface area (TPSA) is 91.2 Å². The Morgan fingerprint density at radius 1 is 1.00 bits per heavy atom. The number of nitrogens with zero attached hydrogens (tertiary/aromatic N) is 2. The third-order valence-corrected chi connectivity index (χ3v) is 4.59. The van der Waals surface area contributed by atoms with E-state index in [2.05, 4.69) is 10.5 Å². The summed E-state index contributed by atoms with van der Waals surface area (Å²) < 4.78 is 17.0. The first kappa shape index (κ1) is 21.6. The zero-order chi connectivity index (χ0) is 22.2. The van der Waals surface area contributed by atoms with Crippen molar-refractivity contribution >= 4 is 12.1 Å². The molecule has 1 aromatic heterocycles. The first-order chi connectivity index (χ1) is 15.0. The Morgan fingerprint density at radius 3 is 2.39 bits per heavy atom. The van der Waals surface area contributed by atoms with E-state index in [4.69, 9.17) is 14.2 Å². The van der Waals surface area contributed by atoms with E-state index in [1.54, 1.807) is 44.7 Å². The van der Waals surface area contributed by atoms with Crippen molar-refractivity contribution in [2.24, 2.45) is 5.10 Å². The van der Waals surface area contributed by atoms with Gasteiger partial charge in [0, 0.05) is 17.8 Å². The molecule has 8 nitrogen and oxygen atoms in total. The lowest BCUT2D eigenvalue weighted by molar-refractivity contribution is 0.0953. The van der Waals surface area contributed by atoms with Crippen molar-refractivity contribution in [3.8, 4) is 17.2 Å². The maximum absolute atomic E-state index is 12.7. The van der Waals surface area contributed by atoms with E-state index < -0.39 is 11.5 Å². The standard InChI is InChI=1S/C23H23N3O5/c1-29-18-9-6-16(7-10-18)15-26-12-4-5-20(23(26)28)22(27)25-24-14-17-8-11-19(30-2)13-21(17)31-3/h4-14H,15H2,1-3H3,(H,25,27)/b24-14-. The Bertz CT molecular complexity index is 1140. The average molecular weight is 421 g/mol. The van der Waals surface area contributed by atoms with Crippen LogP contribution in [0, 0.1) is 0 Å². The van der Waals surface area contributed by atoms with Crippen LogP contribution in [-0.2, 0) is 6.54 Å². The highest BCUT2D eigenvalue weighted by atomic mass is 16.5. The summed E-state index contributed by atoms with van der Waals surface area (Å²) in [5, 5.41) is 3.95. The summed E-state index contributed by atoms with van der Waals surface area (Å²) in [6, 6.07) is 15.7. The van der Waals surface area contributed by atoms with Gasteiger partial charge < -0.3 is 18.8 Å². The van der Waals surface area contributed by atoms with Gasteiger partial charge in [-0.2, -0.15) is 5.10 Å². The van der Waals surface area contributed by atoms with Crippen LogP contribution in [0.15, 0.2) is 70.7 Å². The van der Waals surface area contributed by atoms with E-state index >= 15 is 0 Å². The summed E-state index contributed by atoms with van der Waals surface area (Å²) in [7, 11) is 4.68. The van der Waals surface area contributed by atoms with Crippen molar-refractivity contribution in [3.05, 3.63) is 87.8 Å². The van der Waals surface area contributed by atoms with Gasteiger partial charge in [-0.3, -0.25) is 9.59 Å². The molecule has 0 fully saturated rings. The second-order valence-electron chi connectivity index (χ2n) is 6.51. The molecule has 3 aromatic rings. The average Bonchev–Trinajstić information content (AvgIpc) is 2.81. The number of rotatable bonds is 8. The van der Waals surface area contributed by atoms with E-state index in [-0.39, 0.29) is 5.56 Å². The molecule has 0 unspecified atom stereocenters. The number of hydrogen-bond donors (Lipinski definition) is 1. The van der Waals surface area contributed by atoms with Gasteiger partial charge in [0.15, 0.2) is 0 Å². The molecule has 160 valence electrons. The van der Waals surface area contributed by atoms with Gasteiger partial charge in [0.25, 0.3) is 11.5 Å². The predicted molar refractivity (Wildman–Crippen MR) is 117 cm³/mol. The third kappa shape index (κ3) is 5.30. The van der Waals surface area contributed by atoms with Crippen LogP contribution in [0.2, 0.25) is 0 Å². The third-order valence-electron chi connectivity index (χ3n) is 4.59. The number of nitrogens with one attached hydrogen (secondary N) is 1. The number of benzene rings is 2. The Labute approximate surface area is 179 Å². The molecule has 3 rings (SSSR count). The van der Waals surface area contributed by atoms with Crippen LogP contribution in [0.25, 0.3) is 0 Å². The summed E-state index contributed by atoms with van der Waals surface area (Å²) in [6.45, 7) is 0.330. The SMILES string of the molecule is COc1ccc(Cn2cccc(C(=O)N/N=C\c3ccc(OC)cc3OC)c2=O)cc1. The second-order valence-corrected chi connectivity index (χ2v) is 6.51. The van der Waals surface area contributed by atoms with E-state index in [1.807, 2.05) is 24.3 Å². The van der Waals surface area contributed by atoms with Gasteiger partial charge in [0.2, 0.25) is 0 Å². The minimum atomic E-state index is -0.599. The molecular formula is C23H23N3O5. The number of carbonyl (C=O) groups is 1. The summed E-state index contributed by atoms with van der Waals surface area (Å²) in [6.07, 6.45) is 3.07. The van der Waals surface area contributed by atoms with E-state index in [0.29, 0.717) is 23.6 Å². The van der Waals surface area contributed by atoms with Crippen LogP contribution in [0.1, 0.15) is 21.5 Å². The molecular weight excluding hydrogens is 398 g/mol. The lowest BCUT2D eigenvalue weighted by Gasteiger charge is -2.09. The molecule has 1 heterocycles. The zero-order valence-electron chi connectivity index (χ0n) is 17.5. The molecule has 31 heavy (non-hydrogen) atoms. The highest BCUT2D eigenvalue weighted by Gasteiger charge is 2.12. The first-order valence-corrected chi connectivity index (χ1v) is 9.43. The Morgan fingerprint density at radius 2 is 1.71 bits per heavy atom. The van der Waals surface area contributed by atoms with Crippen LogP contribution in [0.5, 0.6) is 17.2 Å². The van der Waals surface area contributed by atoms with Gasteiger partial charge in [-0.15, -0.1) is 0 Å². The number of hydrogen-bond acceptors (Lipinski definition) is 6. The minimum absolute atomic E-state index is 0.00476. The smallest absolute Gasteiger partial charge is 0.276 e. The molecule has 0 radical (unpaired) electrons. The molecule has 2 aromatic carbocycles. The normalized spacial score (nSPS) is 10.7. The van der Waals surface area contributed by atoms with E-state index in [1.165, 1.54) is 24.0 Å². The maximum Gasteiger partial charge on any atom is 0.276 e. The summed E-state index contributed by atoms with van der Waals surface area (Å²) in [4.78, 5) is 25.2. The lowest BCUT2D eigenvalue weighted by atomic mass is 10.2. The monoisotopic (exact) mass is 421 g/mol. The predicted octanol–water partition coefficient (Wildman–Crippen LogP) is 2.69. The Hall–Kier alpha value is -4.07. The van der Waals surface area contributed by atoms with Gasteiger partial charge in [0.05, 0.1) is 34.1 Å². The first-order valence-electron chi connectivity index (χ1n) is 9.43. The number of hydrazone groups is 1. The Kier molecular flexibility index (Phi) is 7.05. The van der Waals surface area contributed by atoms with Gasteiger partial charge in [-0.05, 0) is 42.0 Å². The molecule has 0 aliphatic rings. The van der Waals surface area contributed by atoms with Crippen molar-refractivity contribution in [2.45, 2.75) is 6.54 Å². The summed E-state index contributed by atoms with van der Waals surface area (Å²) >= 11 is 0. The molecule has 1 amide bonds. The van der Waals surface area contributed by atoms with Crippen molar-refractivity contribution in [3.63, 3.8) is 0 Å². The van der Waals surface area contributed by atoms with Crippen molar-refractivity contribution in [2.75, 3.05) is 21.3 Å². The van der Waals surface area contributed by atoms with Crippen LogP contribution < -0.4 is 25.2 Å². The Balaban J connectivity index is 1.73. The van der Waals surface area contributed by atoms with E-state index in [0.717, 1.165) is 11.3 Å². The van der Waals surface area contributed by atoms with Crippen molar-refractivity contribution in [1.29, 1.82) is 0 Å². The fourth-order valence-corrected chi connectivity index (χ4v) is 2.91. The highest BCUT2D eigenvalue weighted by molar-refractivity contribution is 5.94. The number of pyridine rings is 1. The molecule has 0 atom stereocenters. The number of ether oxygens (including phenoxy) is 3. The molecule has 1 N–H and O–H groups in total. The molecule has 0 saturated carbocycles. The fourth-order valence-electron chi connectivity index (χ4n) is 2.91. The lowest BCUT2D eigenvalue weighted by Crippen LogP contribution is -2.30. The van der Waals surface area contributed by atoms with E-state index in [9.17, 15) is 9.59 Å². The summed E-state index contributed by atoms with van der Waals surface area (Å²) in [5.74, 6) is 1.31. The van der Waals surface area contributed by atoms with Crippen LogP contribution in [-0.4, -0.2) is 38.0 Å². The van der Waals surface area contributed by atoms with Gasteiger partial charge in [0.1, 0.15) is 22.8 Å². The van der Waals surface area contributed by atoms with Gasteiger partial charge in [-0.25, -0.2) is 5.43 Å². The van der Waals surface area contributed by atoms with Crippen LogP contribution in [0.4, 0.5) is 0 Å². The number of carbonyl (C=O) groups excluding carboxylic acids is 1. The minimum Gasteiger partial charge on any atom is -0.497 e. The molecule has 0 saturated heterocycles. The van der Waals surface area contributed by atoms with Crippen LogP contribution >= 0.6 is 0 Å². The quantitative estimate of drug-likeness (QED) is 0.446. The fraction of sp³-hybridized carbons (Fsp3) is 0.174. The molecule has 0 spiro atoms. The molecule has 8 heteroatoms. The van der Waals surface area contributed by atoms with Crippen LogP contribution in [0.3, 0.4) is 0 Å². The number of methoxy groups -OCH3 is 3. The molecule has 0 aliphatic heterocycles. The van der Waals surface area contributed by atoms with Gasteiger partial charge in [-0.1, -0.05) is 12.1 Å². The number of amides is 1. The largest absolute Gasteiger partial charge is 0.497 e. The molecule has 0 bridgehead atoms. The number of aromatic nitrogens is 1. The highest BCUT2D eigenvalue weighted by Crippen LogP contribution is 2.23. The zero-order valence-corrected chi connectivity index (χ0v) is 17.5. The maximum atomic E-state index is 12.7. The van der Waals surface area contributed by atoms with Crippen molar-refractivity contribution < 1.29 is 19.0 Å². The second kappa shape index (κ2) is 10.1. The molecule has 0 aliphatic carbocycles. The van der Waals surface area contributed by atoms with Gasteiger partial charge >= 0.3 is 0 Å².